The molecule has 0 fully saturated rings. The molecule has 0 amide bonds. The van der Waals surface area contributed by atoms with Crippen LogP contribution in [0.15, 0.2) is 35.2 Å². The predicted octanol–water partition coefficient (Wildman–Crippen LogP) is 5.20. The number of ketones is 1. The summed E-state index contributed by atoms with van der Waals surface area (Å²) in [6.45, 7) is 10.3. The van der Waals surface area contributed by atoms with E-state index in [1.807, 2.05) is 13.8 Å². The van der Waals surface area contributed by atoms with Crippen LogP contribution in [0.3, 0.4) is 0 Å². The Balaban J connectivity index is 2.16. The molecule has 2 aromatic carbocycles. The second-order valence-electron chi connectivity index (χ2n) is 5.75. The third-order valence-corrected chi connectivity index (χ3v) is 4.82. The summed E-state index contributed by atoms with van der Waals surface area (Å²) in [7, 11) is 0. The van der Waals surface area contributed by atoms with E-state index in [4.69, 9.17) is 0 Å². The van der Waals surface area contributed by atoms with Crippen LogP contribution in [-0.2, 0) is 0 Å². The Morgan fingerprint density at radius 2 is 1.43 bits per heavy atom. The molecule has 0 heterocycles. The van der Waals surface area contributed by atoms with E-state index in [9.17, 15) is 4.79 Å². The topological polar surface area (TPSA) is 17.1 Å². The average molecular weight is 298 g/mol. The lowest BCUT2D eigenvalue weighted by atomic mass is 9.97. The first-order valence-electron chi connectivity index (χ1n) is 7.19. The van der Waals surface area contributed by atoms with Gasteiger partial charge in [0, 0.05) is 10.5 Å². The van der Waals surface area contributed by atoms with Gasteiger partial charge in [-0.1, -0.05) is 35.4 Å². The van der Waals surface area contributed by atoms with Gasteiger partial charge < -0.3 is 0 Å². The smallest absolute Gasteiger partial charge is 0.173 e. The molecule has 0 spiro atoms. The molecular formula is C19H22OS. The number of thioether (sulfide) groups is 1. The fraction of sp³-hybridized carbons (Fsp3) is 0.316. The fourth-order valence-corrected chi connectivity index (χ4v) is 3.68. The predicted molar refractivity (Wildman–Crippen MR) is 91.6 cm³/mol. The Labute approximate surface area is 131 Å². The lowest BCUT2D eigenvalue weighted by Crippen LogP contribution is -2.08. The summed E-state index contributed by atoms with van der Waals surface area (Å²) in [5.74, 6) is 0.712. The van der Waals surface area contributed by atoms with Crippen LogP contribution in [-0.4, -0.2) is 11.5 Å². The number of benzene rings is 2. The summed E-state index contributed by atoms with van der Waals surface area (Å²) in [5.41, 5.74) is 6.76. The lowest BCUT2D eigenvalue weighted by molar-refractivity contribution is 0.102. The molecule has 1 nitrogen and oxygen atoms in total. The zero-order chi connectivity index (χ0) is 15.6. The van der Waals surface area contributed by atoms with Gasteiger partial charge in [0.2, 0.25) is 0 Å². The van der Waals surface area contributed by atoms with Crippen molar-refractivity contribution in [1.82, 2.24) is 0 Å². The number of rotatable bonds is 4. The van der Waals surface area contributed by atoms with Crippen LogP contribution in [0.25, 0.3) is 0 Å². The molecule has 0 bridgehead atoms. The Bertz CT molecular complexity index is 663. The van der Waals surface area contributed by atoms with E-state index in [0.29, 0.717) is 5.75 Å². The molecule has 0 aliphatic carbocycles. The van der Waals surface area contributed by atoms with Crippen molar-refractivity contribution in [3.05, 3.63) is 63.7 Å². The highest BCUT2D eigenvalue weighted by molar-refractivity contribution is 8.00. The summed E-state index contributed by atoms with van der Waals surface area (Å²) in [5, 5.41) is 0. The standard InChI is InChI=1S/C19H22OS/c1-12-6-7-18(14(3)8-12)21-11-17(20)19-15(4)9-13(2)10-16(19)5/h6-10H,11H2,1-5H3. The van der Waals surface area contributed by atoms with Gasteiger partial charge in [-0.25, -0.2) is 0 Å². The largest absolute Gasteiger partial charge is 0.293 e. The summed E-state index contributed by atoms with van der Waals surface area (Å²) >= 11 is 1.63. The van der Waals surface area contributed by atoms with Crippen molar-refractivity contribution in [2.75, 3.05) is 5.75 Å². The van der Waals surface area contributed by atoms with Crippen molar-refractivity contribution < 1.29 is 4.79 Å². The molecule has 2 rings (SSSR count). The summed E-state index contributed by atoms with van der Waals surface area (Å²) in [4.78, 5) is 13.7. The Morgan fingerprint density at radius 3 is 2.00 bits per heavy atom. The van der Waals surface area contributed by atoms with Crippen molar-refractivity contribution in [3.8, 4) is 0 Å². The Hall–Kier alpha value is -1.54. The van der Waals surface area contributed by atoms with Gasteiger partial charge in [-0.05, 0) is 57.4 Å². The van der Waals surface area contributed by atoms with Crippen LogP contribution >= 0.6 is 11.8 Å². The van der Waals surface area contributed by atoms with Gasteiger partial charge in [-0.3, -0.25) is 4.79 Å². The number of hydrogen-bond donors (Lipinski definition) is 0. The number of Topliss-reactive ketones (excluding diaryl/α,β-unsaturated/α-hetero) is 1. The molecule has 0 unspecified atom stereocenters. The summed E-state index contributed by atoms with van der Waals surface area (Å²) in [6, 6.07) is 10.5. The molecule has 0 radical (unpaired) electrons. The maximum absolute atomic E-state index is 12.5. The Morgan fingerprint density at radius 1 is 0.857 bits per heavy atom. The summed E-state index contributed by atoms with van der Waals surface area (Å²) < 4.78 is 0. The van der Waals surface area contributed by atoms with Gasteiger partial charge in [0.1, 0.15) is 0 Å². The molecule has 110 valence electrons. The normalized spacial score (nSPS) is 10.7. The van der Waals surface area contributed by atoms with Crippen molar-refractivity contribution in [2.24, 2.45) is 0 Å². The third kappa shape index (κ3) is 3.76. The fourth-order valence-electron chi connectivity index (χ4n) is 2.80. The van der Waals surface area contributed by atoms with Crippen molar-refractivity contribution in [2.45, 2.75) is 39.5 Å². The zero-order valence-corrected chi connectivity index (χ0v) is 14.2. The molecule has 0 aliphatic rings. The van der Waals surface area contributed by atoms with Crippen LogP contribution < -0.4 is 0 Å². The molecule has 0 saturated carbocycles. The van der Waals surface area contributed by atoms with Crippen LogP contribution in [0, 0.1) is 34.6 Å². The molecule has 0 N–H and O–H groups in total. The average Bonchev–Trinajstić information content (AvgIpc) is 2.36. The quantitative estimate of drug-likeness (QED) is 0.570. The molecule has 0 atom stereocenters. The SMILES string of the molecule is Cc1ccc(SCC(=O)c2c(C)cc(C)cc2C)c(C)c1. The molecule has 0 aromatic heterocycles. The van der Waals surface area contributed by atoms with Gasteiger partial charge in [0.25, 0.3) is 0 Å². The number of aryl methyl sites for hydroxylation is 5. The number of carbonyl (C=O) groups is 1. The molecule has 2 aromatic rings. The first kappa shape index (κ1) is 15.8. The number of carbonyl (C=O) groups excluding carboxylic acids is 1. The van der Waals surface area contributed by atoms with E-state index in [0.717, 1.165) is 16.7 Å². The minimum absolute atomic E-state index is 0.218. The van der Waals surface area contributed by atoms with E-state index in [1.54, 1.807) is 11.8 Å². The van der Waals surface area contributed by atoms with Crippen LogP contribution in [0.5, 0.6) is 0 Å². The first-order valence-corrected chi connectivity index (χ1v) is 8.18. The van der Waals surface area contributed by atoms with Crippen molar-refractivity contribution in [3.63, 3.8) is 0 Å². The second kappa shape index (κ2) is 6.48. The van der Waals surface area contributed by atoms with Crippen molar-refractivity contribution in [1.29, 1.82) is 0 Å². The molecule has 0 saturated heterocycles. The molecule has 0 aliphatic heterocycles. The van der Waals surface area contributed by atoms with E-state index in [-0.39, 0.29) is 5.78 Å². The highest BCUT2D eigenvalue weighted by Crippen LogP contribution is 2.25. The van der Waals surface area contributed by atoms with Crippen LogP contribution in [0.2, 0.25) is 0 Å². The monoisotopic (exact) mass is 298 g/mol. The zero-order valence-electron chi connectivity index (χ0n) is 13.4. The highest BCUT2D eigenvalue weighted by atomic mass is 32.2. The molecule has 2 heteroatoms. The van der Waals surface area contributed by atoms with Gasteiger partial charge in [-0.2, -0.15) is 0 Å². The third-order valence-electron chi connectivity index (χ3n) is 3.65. The number of hydrogen-bond acceptors (Lipinski definition) is 2. The van der Waals surface area contributed by atoms with Crippen LogP contribution in [0.4, 0.5) is 0 Å². The van der Waals surface area contributed by atoms with Gasteiger partial charge >= 0.3 is 0 Å². The summed E-state index contributed by atoms with van der Waals surface area (Å²) in [6.07, 6.45) is 0. The molecular weight excluding hydrogens is 276 g/mol. The highest BCUT2D eigenvalue weighted by Gasteiger charge is 2.13. The van der Waals surface area contributed by atoms with Gasteiger partial charge in [0.15, 0.2) is 5.78 Å². The second-order valence-corrected chi connectivity index (χ2v) is 6.77. The molecule has 21 heavy (non-hydrogen) atoms. The minimum Gasteiger partial charge on any atom is -0.293 e. The van der Waals surface area contributed by atoms with E-state index >= 15 is 0 Å². The van der Waals surface area contributed by atoms with E-state index in [2.05, 4.69) is 51.1 Å². The maximum atomic E-state index is 12.5. The first-order chi connectivity index (χ1) is 9.88. The van der Waals surface area contributed by atoms with Crippen LogP contribution in [0.1, 0.15) is 38.2 Å². The van der Waals surface area contributed by atoms with Crippen molar-refractivity contribution >= 4 is 17.5 Å². The maximum Gasteiger partial charge on any atom is 0.173 e. The lowest BCUT2D eigenvalue weighted by Gasteiger charge is -2.11. The van der Waals surface area contributed by atoms with E-state index < -0.39 is 0 Å². The van der Waals surface area contributed by atoms with E-state index in [1.165, 1.54) is 21.6 Å². The van der Waals surface area contributed by atoms with Gasteiger partial charge in [-0.15, -0.1) is 11.8 Å². The minimum atomic E-state index is 0.218. The Kier molecular flexibility index (Phi) is 4.89. The van der Waals surface area contributed by atoms with Gasteiger partial charge in [0.05, 0.1) is 5.75 Å².